The topological polar surface area (TPSA) is 69.3 Å². The number of piperidine rings is 1. The lowest BCUT2D eigenvalue weighted by molar-refractivity contribution is -0.135. The summed E-state index contributed by atoms with van der Waals surface area (Å²) in [6.07, 6.45) is 8.73. The molecule has 0 spiro atoms. The molecule has 0 radical (unpaired) electrons. The van der Waals surface area contributed by atoms with Gasteiger partial charge < -0.3 is 14.8 Å². The number of aromatic amines is 1. The van der Waals surface area contributed by atoms with E-state index in [0.717, 1.165) is 67.8 Å². The smallest absolute Gasteiger partial charge is 0.255 e. The third-order valence-electron chi connectivity index (χ3n) is 7.94. The summed E-state index contributed by atoms with van der Waals surface area (Å²) in [6.45, 7) is 3.04. The summed E-state index contributed by atoms with van der Waals surface area (Å²) < 4.78 is 0. The first-order chi connectivity index (χ1) is 16.1. The molecule has 2 atom stereocenters. The van der Waals surface area contributed by atoms with Crippen LogP contribution in [0, 0.1) is 5.92 Å². The van der Waals surface area contributed by atoms with Crippen molar-refractivity contribution in [3.05, 3.63) is 63.3 Å². The Kier molecular flexibility index (Phi) is 6.63. The van der Waals surface area contributed by atoms with Gasteiger partial charge in [0.1, 0.15) is 5.82 Å². The Morgan fingerprint density at radius 3 is 2.64 bits per heavy atom. The predicted molar refractivity (Wildman–Crippen MR) is 129 cm³/mol. The standard InChI is InChI=1S/C27H36N4O2/c1-30-16-14-23-22(18-30)26(32)29-25(28-23)21-13-8-15-31(17-21)27(33)24(19-9-4-2-5-10-19)20-11-6-3-7-12-20/h2,4-5,9-10,20-21,24H,3,6-8,11-18H2,1H3,(H,28,29,32)/t21-,24-/m1/s1. The minimum atomic E-state index is -0.0590. The lowest BCUT2D eigenvalue weighted by atomic mass is 9.76. The molecule has 2 fully saturated rings. The van der Waals surface area contributed by atoms with Gasteiger partial charge in [-0.15, -0.1) is 0 Å². The molecule has 1 aromatic heterocycles. The summed E-state index contributed by atoms with van der Waals surface area (Å²) >= 11 is 0. The van der Waals surface area contributed by atoms with Crippen LogP contribution < -0.4 is 5.56 Å². The van der Waals surface area contributed by atoms with Crippen LogP contribution >= 0.6 is 0 Å². The largest absolute Gasteiger partial charge is 0.341 e. The molecule has 6 heteroatoms. The minimum Gasteiger partial charge on any atom is -0.341 e. The number of aromatic nitrogens is 2. The molecule has 6 nitrogen and oxygen atoms in total. The number of hydrogen-bond acceptors (Lipinski definition) is 4. The van der Waals surface area contributed by atoms with Gasteiger partial charge in [-0.2, -0.15) is 0 Å². The van der Waals surface area contributed by atoms with Gasteiger partial charge in [0.2, 0.25) is 5.91 Å². The lowest BCUT2D eigenvalue weighted by Gasteiger charge is -2.38. The monoisotopic (exact) mass is 448 g/mol. The number of hydrogen-bond donors (Lipinski definition) is 1. The van der Waals surface area contributed by atoms with Gasteiger partial charge in [0, 0.05) is 38.5 Å². The molecule has 1 amide bonds. The van der Waals surface area contributed by atoms with Gasteiger partial charge in [-0.3, -0.25) is 9.59 Å². The number of carbonyl (C=O) groups is 1. The molecule has 3 heterocycles. The third-order valence-corrected chi connectivity index (χ3v) is 7.94. The van der Waals surface area contributed by atoms with Gasteiger partial charge in [-0.1, -0.05) is 49.6 Å². The van der Waals surface area contributed by atoms with E-state index in [0.29, 0.717) is 19.0 Å². The lowest BCUT2D eigenvalue weighted by Crippen LogP contribution is -2.44. The molecule has 33 heavy (non-hydrogen) atoms. The molecule has 5 rings (SSSR count). The average Bonchev–Trinajstić information content (AvgIpc) is 2.86. The van der Waals surface area contributed by atoms with Gasteiger partial charge in [0.05, 0.1) is 17.2 Å². The Morgan fingerprint density at radius 2 is 1.85 bits per heavy atom. The second-order valence-electron chi connectivity index (χ2n) is 10.3. The third kappa shape index (κ3) is 4.77. The second-order valence-corrected chi connectivity index (χ2v) is 10.3. The number of likely N-dealkylation sites (N-methyl/N-ethyl adjacent to an activating group) is 1. The van der Waals surface area contributed by atoms with Crippen LogP contribution in [0.3, 0.4) is 0 Å². The van der Waals surface area contributed by atoms with Crippen LogP contribution in [-0.4, -0.2) is 52.4 Å². The van der Waals surface area contributed by atoms with E-state index < -0.39 is 0 Å². The van der Waals surface area contributed by atoms with E-state index in [1.165, 1.54) is 19.3 Å². The quantitative estimate of drug-likeness (QED) is 0.772. The summed E-state index contributed by atoms with van der Waals surface area (Å²) in [7, 11) is 2.04. The first kappa shape index (κ1) is 22.3. The van der Waals surface area contributed by atoms with Crippen molar-refractivity contribution in [3.8, 4) is 0 Å². The van der Waals surface area contributed by atoms with Gasteiger partial charge in [0.15, 0.2) is 0 Å². The van der Waals surface area contributed by atoms with Crippen LogP contribution in [0.5, 0.6) is 0 Å². The van der Waals surface area contributed by atoms with E-state index in [1.807, 2.05) is 13.1 Å². The molecule has 1 aromatic carbocycles. The van der Waals surface area contributed by atoms with E-state index >= 15 is 0 Å². The molecule has 1 aliphatic carbocycles. The number of nitrogens with zero attached hydrogens (tertiary/aromatic N) is 3. The summed E-state index contributed by atoms with van der Waals surface area (Å²) in [5.74, 6) is 1.50. The molecule has 1 saturated carbocycles. The maximum absolute atomic E-state index is 13.9. The zero-order chi connectivity index (χ0) is 22.8. The molecular formula is C27H36N4O2. The van der Waals surface area contributed by atoms with Crippen molar-refractivity contribution in [2.24, 2.45) is 5.92 Å². The average molecular weight is 449 g/mol. The highest BCUT2D eigenvalue weighted by atomic mass is 16.2. The van der Waals surface area contributed by atoms with Gasteiger partial charge >= 0.3 is 0 Å². The maximum atomic E-state index is 13.9. The Balaban J connectivity index is 1.38. The van der Waals surface area contributed by atoms with Crippen LogP contribution in [0.1, 0.15) is 79.4 Å². The molecular weight excluding hydrogens is 412 g/mol. The zero-order valence-corrected chi connectivity index (χ0v) is 19.8. The fourth-order valence-corrected chi connectivity index (χ4v) is 6.11. The number of likely N-dealkylation sites (tertiary alicyclic amines) is 1. The van der Waals surface area contributed by atoms with E-state index in [9.17, 15) is 9.59 Å². The van der Waals surface area contributed by atoms with Crippen molar-refractivity contribution < 1.29 is 4.79 Å². The van der Waals surface area contributed by atoms with E-state index in [-0.39, 0.29) is 23.3 Å². The summed E-state index contributed by atoms with van der Waals surface area (Å²) in [5, 5.41) is 0. The summed E-state index contributed by atoms with van der Waals surface area (Å²) in [4.78, 5) is 38.9. The highest BCUT2D eigenvalue weighted by Gasteiger charge is 2.36. The highest BCUT2D eigenvalue weighted by Crippen LogP contribution is 2.38. The van der Waals surface area contributed by atoms with Crippen molar-refractivity contribution in [2.75, 3.05) is 26.7 Å². The van der Waals surface area contributed by atoms with Crippen LogP contribution in [0.2, 0.25) is 0 Å². The first-order valence-corrected chi connectivity index (χ1v) is 12.7. The molecule has 0 bridgehead atoms. The molecule has 1 N–H and O–H groups in total. The minimum absolute atomic E-state index is 0.00522. The van der Waals surface area contributed by atoms with Gasteiger partial charge in [-0.05, 0) is 44.2 Å². The van der Waals surface area contributed by atoms with Crippen LogP contribution in [0.4, 0.5) is 0 Å². The fourth-order valence-electron chi connectivity index (χ4n) is 6.11. The number of nitrogens with one attached hydrogen (secondary N) is 1. The molecule has 1 saturated heterocycles. The number of amides is 1. The number of benzene rings is 1. The van der Waals surface area contributed by atoms with Crippen molar-refractivity contribution in [1.82, 2.24) is 19.8 Å². The summed E-state index contributed by atoms with van der Waals surface area (Å²) in [6, 6.07) is 10.4. The second kappa shape index (κ2) is 9.80. The number of H-pyrrole nitrogens is 1. The van der Waals surface area contributed by atoms with Crippen molar-refractivity contribution in [2.45, 2.75) is 69.7 Å². The van der Waals surface area contributed by atoms with Crippen molar-refractivity contribution in [3.63, 3.8) is 0 Å². The SMILES string of the molecule is CN1CCc2nc([C@@H]3CCCN(C(=O)[C@H](c4ccccc4)C4CCCCC4)C3)[nH]c(=O)c2C1. The Labute approximate surface area is 196 Å². The van der Waals surface area contributed by atoms with Crippen LogP contribution in [0.25, 0.3) is 0 Å². The maximum Gasteiger partial charge on any atom is 0.255 e. The normalized spacial score (nSPS) is 23.2. The number of carbonyl (C=O) groups excluding carboxylic acids is 1. The molecule has 176 valence electrons. The molecule has 2 aromatic rings. The van der Waals surface area contributed by atoms with Crippen LogP contribution in [0.15, 0.2) is 35.1 Å². The number of fused-ring (bicyclic) bond motifs is 1. The Bertz CT molecular complexity index is 1030. The van der Waals surface area contributed by atoms with Gasteiger partial charge in [0.25, 0.3) is 5.56 Å². The molecule has 0 unspecified atom stereocenters. The Morgan fingerprint density at radius 1 is 1.06 bits per heavy atom. The predicted octanol–water partition coefficient (Wildman–Crippen LogP) is 3.83. The summed E-state index contributed by atoms with van der Waals surface area (Å²) in [5.41, 5.74) is 2.90. The van der Waals surface area contributed by atoms with E-state index in [2.05, 4.69) is 39.0 Å². The zero-order valence-electron chi connectivity index (χ0n) is 19.8. The Hall–Kier alpha value is -2.47. The molecule has 3 aliphatic rings. The fraction of sp³-hybridized carbons (Fsp3) is 0.593. The molecule has 2 aliphatic heterocycles. The highest BCUT2D eigenvalue weighted by molar-refractivity contribution is 5.84. The first-order valence-electron chi connectivity index (χ1n) is 12.7. The van der Waals surface area contributed by atoms with Crippen molar-refractivity contribution >= 4 is 5.91 Å². The van der Waals surface area contributed by atoms with Crippen LogP contribution in [-0.2, 0) is 17.8 Å². The van der Waals surface area contributed by atoms with Gasteiger partial charge in [-0.25, -0.2) is 4.98 Å². The van der Waals surface area contributed by atoms with Crippen molar-refractivity contribution in [1.29, 1.82) is 0 Å². The van der Waals surface area contributed by atoms with E-state index in [1.54, 1.807) is 0 Å². The number of rotatable bonds is 4. The van der Waals surface area contributed by atoms with E-state index in [4.69, 9.17) is 4.98 Å².